The number of aromatic nitrogens is 4. The highest BCUT2D eigenvalue weighted by atomic mass is 32.2. The van der Waals surface area contributed by atoms with Crippen molar-refractivity contribution in [2.45, 2.75) is 36.4 Å². The van der Waals surface area contributed by atoms with Crippen molar-refractivity contribution in [1.29, 1.82) is 0 Å². The highest BCUT2D eigenvalue weighted by molar-refractivity contribution is 7.99. The van der Waals surface area contributed by atoms with Gasteiger partial charge in [0.1, 0.15) is 5.54 Å². The van der Waals surface area contributed by atoms with Crippen LogP contribution in [0.5, 0.6) is 0 Å². The van der Waals surface area contributed by atoms with Crippen molar-refractivity contribution >= 4 is 17.7 Å². The van der Waals surface area contributed by atoms with Crippen LogP contribution >= 0.6 is 11.8 Å². The molecule has 1 saturated carbocycles. The first kappa shape index (κ1) is 15.2. The van der Waals surface area contributed by atoms with Crippen LogP contribution in [-0.4, -0.2) is 51.6 Å². The van der Waals surface area contributed by atoms with E-state index in [1.165, 1.54) is 7.11 Å². The summed E-state index contributed by atoms with van der Waals surface area (Å²) < 4.78 is 6.64. The molecule has 2 atom stereocenters. The third-order valence-electron chi connectivity index (χ3n) is 4.10. The standard InChI is InChI=1S/C12H21N5O2S/c1-13-12(10(18)19-3)7-4-5-9(12)6-8-20-11-14-15-16-17(11)2/h9,13H,4-8H2,1-3H3. The number of carbonyl (C=O) groups excluding carboxylic acids is 1. The second kappa shape index (κ2) is 6.53. The number of aryl methyl sites for hydroxylation is 1. The highest BCUT2D eigenvalue weighted by Gasteiger charge is 2.48. The Bertz CT molecular complexity index is 466. The molecule has 1 N–H and O–H groups in total. The number of nitrogens with zero attached hydrogens (tertiary/aromatic N) is 4. The van der Waals surface area contributed by atoms with Crippen molar-refractivity contribution in [3.05, 3.63) is 0 Å². The number of ether oxygens (including phenoxy) is 1. The lowest BCUT2D eigenvalue weighted by Crippen LogP contribution is -2.53. The van der Waals surface area contributed by atoms with Crippen LogP contribution < -0.4 is 5.32 Å². The zero-order chi connectivity index (χ0) is 14.6. The Morgan fingerprint density at radius 1 is 1.65 bits per heavy atom. The minimum atomic E-state index is -0.520. The average Bonchev–Trinajstić information content (AvgIpc) is 3.05. The average molecular weight is 299 g/mol. The van der Waals surface area contributed by atoms with E-state index in [-0.39, 0.29) is 5.97 Å². The van der Waals surface area contributed by atoms with Crippen LogP contribution in [-0.2, 0) is 16.6 Å². The molecule has 0 aromatic carbocycles. The molecule has 1 fully saturated rings. The van der Waals surface area contributed by atoms with Gasteiger partial charge in [-0.15, -0.1) is 5.10 Å². The van der Waals surface area contributed by atoms with Crippen molar-refractivity contribution in [3.8, 4) is 0 Å². The van der Waals surface area contributed by atoms with E-state index >= 15 is 0 Å². The Morgan fingerprint density at radius 2 is 2.45 bits per heavy atom. The predicted octanol–water partition coefficient (Wildman–Crippen LogP) is 0.624. The first-order valence-electron chi connectivity index (χ1n) is 6.76. The number of rotatable bonds is 6. The third-order valence-corrected chi connectivity index (χ3v) is 5.14. The fourth-order valence-corrected chi connectivity index (χ4v) is 3.89. The minimum absolute atomic E-state index is 0.146. The largest absolute Gasteiger partial charge is 0.468 e. The third kappa shape index (κ3) is 2.80. The van der Waals surface area contributed by atoms with Crippen LogP contribution in [0.2, 0.25) is 0 Å². The molecule has 1 aliphatic rings. The first-order chi connectivity index (χ1) is 9.64. The lowest BCUT2D eigenvalue weighted by Gasteiger charge is -2.32. The van der Waals surface area contributed by atoms with E-state index in [2.05, 4.69) is 20.8 Å². The number of esters is 1. The number of methoxy groups -OCH3 is 1. The number of nitrogens with one attached hydrogen (secondary N) is 1. The van der Waals surface area contributed by atoms with Crippen molar-refractivity contribution in [2.75, 3.05) is 19.9 Å². The van der Waals surface area contributed by atoms with Gasteiger partial charge in [-0.25, -0.2) is 4.68 Å². The zero-order valence-corrected chi connectivity index (χ0v) is 12.9. The summed E-state index contributed by atoms with van der Waals surface area (Å²) in [5.74, 6) is 1.04. The summed E-state index contributed by atoms with van der Waals surface area (Å²) in [6.45, 7) is 0. The molecule has 0 radical (unpaired) electrons. The summed E-state index contributed by atoms with van der Waals surface area (Å²) in [4.78, 5) is 12.1. The summed E-state index contributed by atoms with van der Waals surface area (Å²) in [5.41, 5.74) is -0.520. The van der Waals surface area contributed by atoms with Crippen molar-refractivity contribution < 1.29 is 9.53 Å². The van der Waals surface area contributed by atoms with E-state index in [1.54, 1.807) is 16.4 Å². The Hall–Kier alpha value is -1.15. The number of tetrazole rings is 1. The van der Waals surface area contributed by atoms with Gasteiger partial charge in [-0.2, -0.15) is 0 Å². The Labute approximate surface area is 122 Å². The molecule has 0 amide bonds. The maximum Gasteiger partial charge on any atom is 0.326 e. The SMILES string of the molecule is CNC1(C(=O)OC)CCCC1CCSc1nnnn1C. The van der Waals surface area contributed by atoms with Crippen LogP contribution in [0.4, 0.5) is 0 Å². The maximum atomic E-state index is 12.1. The quantitative estimate of drug-likeness (QED) is 0.609. The first-order valence-corrected chi connectivity index (χ1v) is 7.75. The molecule has 0 bridgehead atoms. The molecule has 1 heterocycles. The van der Waals surface area contributed by atoms with E-state index in [1.807, 2.05) is 14.1 Å². The highest BCUT2D eigenvalue weighted by Crippen LogP contribution is 2.39. The molecule has 20 heavy (non-hydrogen) atoms. The Kier molecular flexibility index (Phi) is 4.98. The summed E-state index contributed by atoms with van der Waals surface area (Å²) in [6.07, 6.45) is 3.88. The van der Waals surface area contributed by atoms with Crippen LogP contribution in [0.25, 0.3) is 0 Å². The molecule has 2 rings (SSSR count). The van der Waals surface area contributed by atoms with Crippen molar-refractivity contribution in [3.63, 3.8) is 0 Å². The zero-order valence-electron chi connectivity index (χ0n) is 12.1. The maximum absolute atomic E-state index is 12.1. The second-order valence-corrected chi connectivity index (χ2v) is 6.09. The van der Waals surface area contributed by atoms with Crippen LogP contribution in [0, 0.1) is 5.92 Å². The molecule has 0 aliphatic heterocycles. The smallest absolute Gasteiger partial charge is 0.326 e. The van der Waals surface area contributed by atoms with Gasteiger partial charge in [0.25, 0.3) is 0 Å². The van der Waals surface area contributed by atoms with Crippen molar-refractivity contribution in [1.82, 2.24) is 25.5 Å². The lowest BCUT2D eigenvalue weighted by atomic mass is 9.85. The number of thioether (sulfide) groups is 1. The molecule has 0 saturated heterocycles. The summed E-state index contributed by atoms with van der Waals surface area (Å²) in [6, 6.07) is 0. The summed E-state index contributed by atoms with van der Waals surface area (Å²) in [5, 5.41) is 15.4. The second-order valence-electron chi connectivity index (χ2n) is 5.02. The van der Waals surface area contributed by atoms with Crippen LogP contribution in [0.15, 0.2) is 5.16 Å². The Balaban J connectivity index is 1.94. The molecule has 2 unspecified atom stereocenters. The predicted molar refractivity (Wildman–Crippen MR) is 75.3 cm³/mol. The number of likely N-dealkylation sites (N-methyl/N-ethyl adjacent to an activating group) is 1. The summed E-state index contributed by atoms with van der Waals surface area (Å²) >= 11 is 1.62. The van der Waals surface area contributed by atoms with Crippen LogP contribution in [0.3, 0.4) is 0 Å². The molecule has 1 aromatic heterocycles. The fraction of sp³-hybridized carbons (Fsp3) is 0.833. The van der Waals surface area contributed by atoms with Crippen LogP contribution in [0.1, 0.15) is 25.7 Å². The van der Waals surface area contributed by atoms with Gasteiger partial charge in [0.05, 0.1) is 7.11 Å². The van der Waals surface area contributed by atoms with Gasteiger partial charge in [-0.1, -0.05) is 18.2 Å². The number of hydrogen-bond donors (Lipinski definition) is 1. The van der Waals surface area contributed by atoms with E-state index in [0.29, 0.717) is 5.92 Å². The number of hydrogen-bond acceptors (Lipinski definition) is 7. The van der Waals surface area contributed by atoms with E-state index in [4.69, 9.17) is 4.74 Å². The van der Waals surface area contributed by atoms with E-state index in [0.717, 1.165) is 36.6 Å². The van der Waals surface area contributed by atoms with Gasteiger partial charge in [0.15, 0.2) is 0 Å². The molecule has 0 spiro atoms. The topological polar surface area (TPSA) is 81.9 Å². The van der Waals surface area contributed by atoms with Gasteiger partial charge < -0.3 is 10.1 Å². The van der Waals surface area contributed by atoms with Gasteiger partial charge in [0.2, 0.25) is 5.16 Å². The van der Waals surface area contributed by atoms with Crippen molar-refractivity contribution in [2.24, 2.45) is 13.0 Å². The minimum Gasteiger partial charge on any atom is -0.468 e. The lowest BCUT2D eigenvalue weighted by molar-refractivity contribution is -0.150. The molecule has 112 valence electrons. The molecule has 7 nitrogen and oxygen atoms in total. The van der Waals surface area contributed by atoms with E-state index < -0.39 is 5.54 Å². The summed E-state index contributed by atoms with van der Waals surface area (Å²) in [7, 11) is 5.12. The van der Waals surface area contributed by atoms with Gasteiger partial charge in [-0.3, -0.25) is 4.79 Å². The number of carbonyl (C=O) groups is 1. The Morgan fingerprint density at radius 3 is 3.05 bits per heavy atom. The monoisotopic (exact) mass is 299 g/mol. The van der Waals surface area contributed by atoms with E-state index in [9.17, 15) is 4.79 Å². The molecular weight excluding hydrogens is 278 g/mol. The van der Waals surface area contributed by atoms with Gasteiger partial charge in [0, 0.05) is 12.8 Å². The fourth-order valence-electron chi connectivity index (χ4n) is 2.99. The van der Waals surface area contributed by atoms with Gasteiger partial charge >= 0.3 is 5.97 Å². The molecule has 1 aliphatic carbocycles. The molecule has 8 heteroatoms. The normalized spacial score (nSPS) is 25.9. The molecular formula is C12H21N5O2S. The van der Waals surface area contributed by atoms with Gasteiger partial charge in [-0.05, 0) is 42.7 Å². The molecule has 1 aromatic rings.